The lowest BCUT2D eigenvalue weighted by atomic mass is 9.98. The number of carbonyl (C=O) groups excluding carboxylic acids is 1. The van der Waals surface area contributed by atoms with Gasteiger partial charge in [0.05, 0.1) is 11.3 Å². The van der Waals surface area contributed by atoms with Gasteiger partial charge in [-0.2, -0.15) is 0 Å². The molecule has 2 heterocycles. The zero-order valence-electron chi connectivity index (χ0n) is 13.7. The number of nitrogens with one attached hydrogen (secondary N) is 1. The third-order valence-corrected chi connectivity index (χ3v) is 4.04. The molecule has 0 spiro atoms. The van der Waals surface area contributed by atoms with Crippen molar-refractivity contribution < 1.29 is 19.1 Å². The van der Waals surface area contributed by atoms with Gasteiger partial charge in [-0.05, 0) is 58.0 Å². The van der Waals surface area contributed by atoms with Crippen LogP contribution in [0, 0.1) is 17.2 Å². The van der Waals surface area contributed by atoms with Gasteiger partial charge in [-0.3, -0.25) is 14.5 Å². The van der Waals surface area contributed by atoms with E-state index < -0.39 is 11.4 Å². The van der Waals surface area contributed by atoms with E-state index in [0.29, 0.717) is 11.7 Å². The summed E-state index contributed by atoms with van der Waals surface area (Å²) in [4.78, 5) is 24.2. The molecule has 3 rings (SSSR count). The predicted molar refractivity (Wildman–Crippen MR) is 85.6 cm³/mol. The predicted octanol–water partition coefficient (Wildman–Crippen LogP) is 2.59. The van der Waals surface area contributed by atoms with E-state index in [0.717, 1.165) is 19.5 Å². The molecule has 2 aliphatic heterocycles. The lowest BCUT2D eigenvalue weighted by molar-refractivity contribution is -0.145. The highest BCUT2D eigenvalue weighted by atomic mass is 19.1. The summed E-state index contributed by atoms with van der Waals surface area (Å²) in [5, 5.41) is 11.1. The van der Waals surface area contributed by atoms with Gasteiger partial charge < -0.3 is 10.4 Å². The van der Waals surface area contributed by atoms with E-state index in [2.05, 4.69) is 10.2 Å². The van der Waals surface area contributed by atoms with Crippen LogP contribution in [0.15, 0.2) is 24.3 Å². The van der Waals surface area contributed by atoms with Crippen molar-refractivity contribution in [3.63, 3.8) is 0 Å². The summed E-state index contributed by atoms with van der Waals surface area (Å²) in [5.41, 5.74) is 0.0884. The normalized spacial score (nSPS) is 25.0. The minimum atomic E-state index is -0.757. The number of aliphatic carboxylic acids is 1. The molecule has 0 aliphatic carbocycles. The number of carboxylic acids is 1. The van der Waals surface area contributed by atoms with E-state index >= 15 is 0 Å². The summed E-state index contributed by atoms with van der Waals surface area (Å²) in [7, 11) is 0. The number of benzene rings is 1. The van der Waals surface area contributed by atoms with Crippen molar-refractivity contribution in [2.45, 2.75) is 33.2 Å². The molecule has 3 atom stereocenters. The van der Waals surface area contributed by atoms with Gasteiger partial charge in [-0.1, -0.05) is 0 Å². The topological polar surface area (TPSA) is 69.4 Å². The van der Waals surface area contributed by atoms with Crippen LogP contribution in [0.3, 0.4) is 0 Å². The van der Waals surface area contributed by atoms with Crippen molar-refractivity contribution in [2.24, 2.45) is 11.3 Å². The van der Waals surface area contributed by atoms with Crippen LogP contribution in [0.2, 0.25) is 0 Å². The number of rotatable bonds is 2. The fourth-order valence-electron chi connectivity index (χ4n) is 2.40. The van der Waals surface area contributed by atoms with Crippen molar-refractivity contribution in [2.75, 3.05) is 18.4 Å². The van der Waals surface area contributed by atoms with Gasteiger partial charge in [-0.15, -0.1) is 0 Å². The highest BCUT2D eigenvalue weighted by molar-refractivity contribution is 5.93. The lowest BCUT2D eigenvalue weighted by Gasteiger charge is -2.10. The van der Waals surface area contributed by atoms with E-state index in [1.54, 1.807) is 32.9 Å². The maximum atomic E-state index is 12.7. The SMILES string of the molecule is CC(C)(C)C(=O)O.O=C(Nc1ccc(F)cc1)C1CCN2CC12. The zero-order chi connectivity index (χ0) is 17.2. The molecule has 2 saturated heterocycles. The van der Waals surface area contributed by atoms with Crippen LogP contribution in [0.4, 0.5) is 10.1 Å². The van der Waals surface area contributed by atoms with E-state index in [1.165, 1.54) is 12.1 Å². The largest absolute Gasteiger partial charge is 0.481 e. The van der Waals surface area contributed by atoms with Gasteiger partial charge in [-0.25, -0.2) is 4.39 Å². The Bertz CT molecular complexity index is 580. The van der Waals surface area contributed by atoms with Crippen LogP contribution < -0.4 is 5.32 Å². The Morgan fingerprint density at radius 3 is 2.22 bits per heavy atom. The number of hydrogen-bond donors (Lipinski definition) is 2. The molecule has 1 aromatic carbocycles. The minimum absolute atomic E-state index is 0.0663. The molecule has 5 nitrogen and oxygen atoms in total. The van der Waals surface area contributed by atoms with Gasteiger partial charge in [0.1, 0.15) is 5.82 Å². The molecule has 0 aromatic heterocycles. The first-order valence-corrected chi connectivity index (χ1v) is 7.72. The molecule has 0 bridgehead atoms. The Hall–Kier alpha value is -1.95. The number of carbonyl (C=O) groups is 2. The zero-order valence-corrected chi connectivity index (χ0v) is 13.7. The highest BCUT2D eigenvalue weighted by Gasteiger charge is 2.48. The maximum Gasteiger partial charge on any atom is 0.308 e. The molecule has 2 N–H and O–H groups in total. The Kier molecular flexibility index (Phi) is 5.04. The molecule has 0 saturated carbocycles. The van der Waals surface area contributed by atoms with E-state index in [1.807, 2.05) is 0 Å². The first-order valence-electron chi connectivity index (χ1n) is 7.72. The number of anilines is 1. The standard InChI is InChI=1S/C12H13FN2O.C5H10O2/c13-8-1-3-9(4-2-8)14-12(16)10-5-6-15-7-11(10)15;1-5(2,3)4(6)7/h1-4,10-11H,5-7H2,(H,14,16);1-3H3,(H,6,7). The van der Waals surface area contributed by atoms with Crippen LogP contribution in [-0.4, -0.2) is 41.0 Å². The molecule has 2 aliphatic rings. The highest BCUT2D eigenvalue weighted by Crippen LogP contribution is 2.36. The van der Waals surface area contributed by atoms with Crippen molar-refractivity contribution in [3.05, 3.63) is 30.1 Å². The Morgan fingerprint density at radius 1 is 1.26 bits per heavy atom. The molecular weight excluding hydrogens is 299 g/mol. The van der Waals surface area contributed by atoms with Gasteiger partial charge in [0.2, 0.25) is 5.91 Å². The lowest BCUT2D eigenvalue weighted by Crippen LogP contribution is -2.25. The first-order chi connectivity index (χ1) is 10.7. The van der Waals surface area contributed by atoms with Crippen LogP contribution in [0.5, 0.6) is 0 Å². The van der Waals surface area contributed by atoms with Crippen LogP contribution in [-0.2, 0) is 9.59 Å². The summed E-state index contributed by atoms with van der Waals surface area (Å²) in [6, 6.07) is 6.35. The van der Waals surface area contributed by atoms with Crippen molar-refractivity contribution in [1.29, 1.82) is 0 Å². The third kappa shape index (κ3) is 4.76. The van der Waals surface area contributed by atoms with Crippen LogP contribution in [0.25, 0.3) is 0 Å². The summed E-state index contributed by atoms with van der Waals surface area (Å²) < 4.78 is 12.7. The summed E-state index contributed by atoms with van der Waals surface area (Å²) >= 11 is 0. The van der Waals surface area contributed by atoms with Crippen LogP contribution in [0.1, 0.15) is 27.2 Å². The molecule has 6 heteroatoms. The number of fused-ring (bicyclic) bond motifs is 1. The molecular formula is C17H23FN2O3. The van der Waals surface area contributed by atoms with Crippen molar-refractivity contribution in [1.82, 2.24) is 4.90 Å². The molecule has 23 heavy (non-hydrogen) atoms. The van der Waals surface area contributed by atoms with Crippen molar-refractivity contribution >= 4 is 17.6 Å². The molecule has 0 radical (unpaired) electrons. The minimum Gasteiger partial charge on any atom is -0.481 e. The number of piperidine rings is 1. The molecule has 126 valence electrons. The number of amides is 1. The molecule has 2 fully saturated rings. The Labute approximate surface area is 135 Å². The number of hydrogen-bond acceptors (Lipinski definition) is 3. The second-order valence-electron chi connectivity index (χ2n) is 7.01. The molecule has 1 aromatic rings. The smallest absolute Gasteiger partial charge is 0.308 e. The second kappa shape index (κ2) is 6.66. The first kappa shape index (κ1) is 17.4. The number of carboxylic acid groups (broad SMARTS) is 1. The van der Waals surface area contributed by atoms with Gasteiger partial charge in [0.25, 0.3) is 0 Å². The van der Waals surface area contributed by atoms with E-state index in [9.17, 15) is 14.0 Å². The summed E-state index contributed by atoms with van der Waals surface area (Å²) in [6.07, 6.45) is 0.942. The third-order valence-electron chi connectivity index (χ3n) is 4.04. The van der Waals surface area contributed by atoms with Gasteiger partial charge in [0.15, 0.2) is 0 Å². The molecule has 3 unspecified atom stereocenters. The fourth-order valence-corrected chi connectivity index (χ4v) is 2.40. The summed E-state index contributed by atoms with van der Waals surface area (Å²) in [5.74, 6) is -0.860. The second-order valence-corrected chi connectivity index (χ2v) is 7.01. The van der Waals surface area contributed by atoms with Crippen LogP contribution >= 0.6 is 0 Å². The molecule has 1 amide bonds. The quantitative estimate of drug-likeness (QED) is 0.821. The monoisotopic (exact) mass is 322 g/mol. The fraction of sp³-hybridized carbons (Fsp3) is 0.529. The number of nitrogens with zero attached hydrogens (tertiary/aromatic N) is 1. The Balaban J connectivity index is 0.000000236. The number of halogens is 1. The summed E-state index contributed by atoms with van der Waals surface area (Å²) in [6.45, 7) is 7.08. The van der Waals surface area contributed by atoms with Gasteiger partial charge in [0, 0.05) is 18.3 Å². The van der Waals surface area contributed by atoms with E-state index in [-0.39, 0.29) is 17.6 Å². The Morgan fingerprint density at radius 2 is 1.83 bits per heavy atom. The average Bonchev–Trinajstić information content (AvgIpc) is 3.11. The van der Waals surface area contributed by atoms with Crippen molar-refractivity contribution in [3.8, 4) is 0 Å². The van der Waals surface area contributed by atoms with Gasteiger partial charge >= 0.3 is 5.97 Å². The maximum absolute atomic E-state index is 12.7. The average molecular weight is 322 g/mol. The van der Waals surface area contributed by atoms with E-state index in [4.69, 9.17) is 5.11 Å².